The molecule has 1 heterocycles. The normalized spacial score (nSPS) is 12.7. The van der Waals surface area contributed by atoms with Crippen LogP contribution in [0.25, 0.3) is 0 Å². The van der Waals surface area contributed by atoms with E-state index in [1.165, 1.54) is 6.07 Å². The SMILES string of the molecule is Cc1ccc(F)cc1CC(N)c1cc(Br)sc1Br. The van der Waals surface area contributed by atoms with Gasteiger partial charge >= 0.3 is 0 Å². The van der Waals surface area contributed by atoms with Crippen LogP contribution in [0.15, 0.2) is 31.8 Å². The Morgan fingerprint density at radius 1 is 1.33 bits per heavy atom. The Morgan fingerprint density at radius 3 is 2.67 bits per heavy atom. The summed E-state index contributed by atoms with van der Waals surface area (Å²) in [5.41, 5.74) is 9.27. The fourth-order valence-electron chi connectivity index (χ4n) is 1.81. The molecule has 1 aromatic heterocycles. The number of hydrogen-bond acceptors (Lipinski definition) is 2. The summed E-state index contributed by atoms with van der Waals surface area (Å²) in [6.07, 6.45) is 0.630. The molecule has 1 nitrogen and oxygen atoms in total. The lowest BCUT2D eigenvalue weighted by Crippen LogP contribution is -2.13. The van der Waals surface area contributed by atoms with Crippen molar-refractivity contribution in [3.8, 4) is 0 Å². The first-order chi connectivity index (χ1) is 8.47. The van der Waals surface area contributed by atoms with Gasteiger partial charge in [0, 0.05) is 6.04 Å². The Morgan fingerprint density at radius 2 is 2.06 bits per heavy atom. The Kier molecular flexibility index (Phi) is 4.59. The minimum atomic E-state index is -0.214. The minimum Gasteiger partial charge on any atom is -0.324 e. The molecule has 0 aliphatic heterocycles. The molecule has 1 aromatic carbocycles. The zero-order valence-corrected chi connectivity index (χ0v) is 13.7. The van der Waals surface area contributed by atoms with Gasteiger partial charge in [-0.1, -0.05) is 6.07 Å². The van der Waals surface area contributed by atoms with Crippen molar-refractivity contribution in [3.63, 3.8) is 0 Å². The fraction of sp³-hybridized carbons (Fsp3) is 0.231. The number of aryl methyl sites for hydroxylation is 1. The van der Waals surface area contributed by atoms with Crippen molar-refractivity contribution >= 4 is 43.2 Å². The number of nitrogens with two attached hydrogens (primary N) is 1. The van der Waals surface area contributed by atoms with E-state index in [9.17, 15) is 4.39 Å². The molecule has 96 valence electrons. The first-order valence-electron chi connectivity index (χ1n) is 5.42. The highest BCUT2D eigenvalue weighted by Gasteiger charge is 2.15. The molecule has 0 fully saturated rings. The molecule has 0 aliphatic carbocycles. The Balaban J connectivity index is 2.23. The molecule has 1 unspecified atom stereocenters. The van der Waals surface area contributed by atoms with E-state index in [2.05, 4.69) is 31.9 Å². The lowest BCUT2D eigenvalue weighted by atomic mass is 9.98. The van der Waals surface area contributed by atoms with Crippen molar-refractivity contribution in [3.05, 3.63) is 54.3 Å². The molecule has 0 saturated carbocycles. The van der Waals surface area contributed by atoms with Crippen LogP contribution in [-0.2, 0) is 6.42 Å². The molecule has 2 rings (SSSR count). The van der Waals surface area contributed by atoms with Gasteiger partial charge in [0.2, 0.25) is 0 Å². The Hall–Kier alpha value is -0.230. The number of benzene rings is 1. The van der Waals surface area contributed by atoms with E-state index in [1.54, 1.807) is 23.5 Å². The van der Waals surface area contributed by atoms with Gasteiger partial charge in [0.05, 0.1) is 7.57 Å². The average molecular weight is 393 g/mol. The highest BCUT2D eigenvalue weighted by Crippen LogP contribution is 2.36. The van der Waals surface area contributed by atoms with Gasteiger partial charge in [-0.05, 0) is 80.1 Å². The van der Waals surface area contributed by atoms with Gasteiger partial charge in [-0.15, -0.1) is 11.3 Å². The summed E-state index contributed by atoms with van der Waals surface area (Å²) in [7, 11) is 0. The molecule has 5 heteroatoms. The topological polar surface area (TPSA) is 26.0 Å². The quantitative estimate of drug-likeness (QED) is 0.784. The summed E-state index contributed by atoms with van der Waals surface area (Å²) in [4.78, 5) is 0. The third-order valence-corrected chi connectivity index (χ3v) is 5.22. The molecule has 0 spiro atoms. The van der Waals surface area contributed by atoms with Crippen molar-refractivity contribution in [2.45, 2.75) is 19.4 Å². The fourth-order valence-corrected chi connectivity index (χ4v) is 4.81. The lowest BCUT2D eigenvalue weighted by molar-refractivity contribution is 0.621. The maximum Gasteiger partial charge on any atom is 0.123 e. The van der Waals surface area contributed by atoms with Crippen LogP contribution in [0.2, 0.25) is 0 Å². The standard InChI is InChI=1S/C13H12Br2FNS/c1-7-2-3-9(16)4-8(7)5-11(17)10-6-12(14)18-13(10)15/h2-4,6,11H,5,17H2,1H3. The maximum atomic E-state index is 13.2. The summed E-state index contributed by atoms with van der Waals surface area (Å²) in [5, 5.41) is 0. The summed E-state index contributed by atoms with van der Waals surface area (Å²) in [6, 6.07) is 6.69. The molecule has 0 saturated heterocycles. The summed E-state index contributed by atoms with van der Waals surface area (Å²) in [6.45, 7) is 1.97. The summed E-state index contributed by atoms with van der Waals surface area (Å²) < 4.78 is 15.3. The monoisotopic (exact) mass is 391 g/mol. The van der Waals surface area contributed by atoms with Gasteiger partial charge in [-0.3, -0.25) is 0 Å². The molecule has 18 heavy (non-hydrogen) atoms. The minimum absolute atomic E-state index is 0.137. The molecule has 2 aromatic rings. The van der Waals surface area contributed by atoms with Gasteiger partial charge in [-0.2, -0.15) is 0 Å². The van der Waals surface area contributed by atoms with Gasteiger partial charge in [0.1, 0.15) is 5.82 Å². The molecule has 0 amide bonds. The molecule has 0 radical (unpaired) electrons. The second-order valence-electron chi connectivity index (χ2n) is 4.16. The average Bonchev–Trinajstić information content (AvgIpc) is 2.63. The second kappa shape index (κ2) is 5.82. The molecular weight excluding hydrogens is 381 g/mol. The lowest BCUT2D eigenvalue weighted by Gasteiger charge is -2.13. The van der Waals surface area contributed by atoms with Crippen molar-refractivity contribution in [1.82, 2.24) is 0 Å². The Bertz CT molecular complexity index is 568. The van der Waals surface area contributed by atoms with Gasteiger partial charge in [0.15, 0.2) is 0 Å². The van der Waals surface area contributed by atoms with Crippen LogP contribution >= 0.6 is 43.2 Å². The summed E-state index contributed by atoms with van der Waals surface area (Å²) in [5.74, 6) is -0.214. The number of rotatable bonds is 3. The number of halogens is 3. The van der Waals surface area contributed by atoms with Gasteiger partial charge in [0.25, 0.3) is 0 Å². The van der Waals surface area contributed by atoms with Crippen LogP contribution in [0, 0.1) is 12.7 Å². The van der Waals surface area contributed by atoms with Crippen molar-refractivity contribution in [1.29, 1.82) is 0 Å². The molecule has 0 aliphatic rings. The summed E-state index contributed by atoms with van der Waals surface area (Å²) >= 11 is 8.53. The van der Waals surface area contributed by atoms with Crippen LogP contribution in [0.3, 0.4) is 0 Å². The van der Waals surface area contributed by atoms with Crippen molar-refractivity contribution in [2.75, 3.05) is 0 Å². The van der Waals surface area contributed by atoms with Gasteiger partial charge < -0.3 is 5.73 Å². The molecule has 0 bridgehead atoms. The van der Waals surface area contributed by atoms with Crippen LogP contribution in [0.5, 0.6) is 0 Å². The predicted octanol–water partition coefficient (Wildman–Crippen LogP) is 4.96. The van der Waals surface area contributed by atoms with E-state index in [-0.39, 0.29) is 11.9 Å². The van der Waals surface area contributed by atoms with Crippen molar-refractivity contribution < 1.29 is 4.39 Å². The second-order valence-corrected chi connectivity index (χ2v) is 7.91. The zero-order valence-electron chi connectivity index (χ0n) is 9.71. The molecular formula is C13H12Br2FNS. The predicted molar refractivity (Wildman–Crippen MR) is 81.5 cm³/mol. The third kappa shape index (κ3) is 3.20. The Labute approximate surface area is 126 Å². The smallest absolute Gasteiger partial charge is 0.123 e. The number of hydrogen-bond donors (Lipinski definition) is 1. The zero-order chi connectivity index (χ0) is 13.3. The third-order valence-electron chi connectivity index (χ3n) is 2.83. The van der Waals surface area contributed by atoms with E-state index in [4.69, 9.17) is 5.73 Å². The first kappa shape index (κ1) is 14.2. The largest absolute Gasteiger partial charge is 0.324 e. The van der Waals surface area contributed by atoms with Crippen LogP contribution in [0.1, 0.15) is 22.7 Å². The van der Waals surface area contributed by atoms with E-state index in [0.29, 0.717) is 6.42 Å². The maximum absolute atomic E-state index is 13.2. The molecule has 1 atom stereocenters. The van der Waals surface area contributed by atoms with E-state index in [0.717, 1.165) is 24.3 Å². The van der Waals surface area contributed by atoms with E-state index < -0.39 is 0 Å². The van der Waals surface area contributed by atoms with E-state index >= 15 is 0 Å². The van der Waals surface area contributed by atoms with Crippen molar-refractivity contribution in [2.24, 2.45) is 5.73 Å². The highest BCUT2D eigenvalue weighted by molar-refractivity contribution is 9.12. The number of thiophene rings is 1. The van der Waals surface area contributed by atoms with Crippen LogP contribution in [0.4, 0.5) is 4.39 Å². The van der Waals surface area contributed by atoms with Crippen LogP contribution in [-0.4, -0.2) is 0 Å². The van der Waals surface area contributed by atoms with Crippen LogP contribution < -0.4 is 5.73 Å². The van der Waals surface area contributed by atoms with E-state index in [1.807, 2.05) is 13.0 Å². The molecule has 2 N–H and O–H groups in total. The highest BCUT2D eigenvalue weighted by atomic mass is 79.9. The first-order valence-corrected chi connectivity index (χ1v) is 7.83. The van der Waals surface area contributed by atoms with Gasteiger partial charge in [-0.25, -0.2) is 4.39 Å².